The zero-order valence-electron chi connectivity index (χ0n) is 13.0. The van der Waals surface area contributed by atoms with Crippen molar-refractivity contribution in [3.63, 3.8) is 0 Å². The Morgan fingerprint density at radius 2 is 2.04 bits per heavy atom. The second-order valence-corrected chi connectivity index (χ2v) is 7.72. The summed E-state index contributed by atoms with van der Waals surface area (Å²) >= 11 is 1.78. The number of aromatic nitrogens is 3. The van der Waals surface area contributed by atoms with Gasteiger partial charge in [0, 0.05) is 36.8 Å². The van der Waals surface area contributed by atoms with E-state index in [1.54, 1.807) is 11.3 Å². The van der Waals surface area contributed by atoms with Crippen LogP contribution in [0.25, 0.3) is 0 Å². The lowest BCUT2D eigenvalue weighted by molar-refractivity contribution is 0.0314. The van der Waals surface area contributed by atoms with Crippen LogP contribution in [0.15, 0.2) is 23.8 Å². The minimum Gasteiger partial charge on any atom is -0.366 e. The highest BCUT2D eigenvalue weighted by atomic mass is 32.1. The highest BCUT2D eigenvalue weighted by Crippen LogP contribution is 2.45. The van der Waals surface area contributed by atoms with Crippen LogP contribution in [-0.2, 0) is 4.74 Å². The van der Waals surface area contributed by atoms with E-state index in [4.69, 9.17) is 9.72 Å². The summed E-state index contributed by atoms with van der Waals surface area (Å²) in [6.07, 6.45) is 8.98. The topological polar surface area (TPSA) is 51.1 Å². The lowest BCUT2D eigenvalue weighted by Crippen LogP contribution is -2.43. The van der Waals surface area contributed by atoms with Crippen molar-refractivity contribution in [3.05, 3.63) is 34.5 Å². The smallest absolute Gasteiger partial charge is 0.225 e. The third-order valence-corrected chi connectivity index (χ3v) is 6.15. The summed E-state index contributed by atoms with van der Waals surface area (Å²) in [5, 5.41) is 3.42. The number of anilines is 1. The molecule has 23 heavy (non-hydrogen) atoms. The van der Waals surface area contributed by atoms with Crippen molar-refractivity contribution >= 4 is 17.3 Å². The first-order valence-corrected chi connectivity index (χ1v) is 9.37. The molecule has 1 aliphatic carbocycles. The van der Waals surface area contributed by atoms with Gasteiger partial charge in [0.2, 0.25) is 5.95 Å². The van der Waals surface area contributed by atoms with Crippen LogP contribution in [0.1, 0.15) is 48.4 Å². The van der Waals surface area contributed by atoms with Gasteiger partial charge >= 0.3 is 0 Å². The van der Waals surface area contributed by atoms with Crippen LogP contribution in [-0.4, -0.2) is 34.1 Å². The average molecular weight is 328 g/mol. The zero-order valence-corrected chi connectivity index (χ0v) is 13.8. The highest BCUT2D eigenvalue weighted by Gasteiger charge is 2.41. The molecule has 5 nitrogen and oxygen atoms in total. The molecular weight excluding hydrogens is 308 g/mol. The van der Waals surface area contributed by atoms with Gasteiger partial charge in [-0.3, -0.25) is 0 Å². The molecule has 0 bridgehead atoms. The second-order valence-electron chi connectivity index (χ2n) is 6.83. The monoisotopic (exact) mass is 328 g/mol. The van der Waals surface area contributed by atoms with Gasteiger partial charge in [-0.1, -0.05) is 0 Å². The van der Waals surface area contributed by atoms with Crippen LogP contribution in [0, 0.1) is 5.92 Å². The first-order valence-electron chi connectivity index (χ1n) is 8.49. The summed E-state index contributed by atoms with van der Waals surface area (Å²) in [6, 6.07) is 1.86. The molecule has 0 N–H and O–H groups in total. The number of ether oxygens (including phenoxy) is 1. The van der Waals surface area contributed by atoms with E-state index in [2.05, 4.69) is 20.2 Å². The lowest BCUT2D eigenvalue weighted by Gasteiger charge is -2.33. The maximum Gasteiger partial charge on any atom is 0.225 e. The molecule has 3 fully saturated rings. The predicted molar refractivity (Wildman–Crippen MR) is 88.7 cm³/mol. The maximum atomic E-state index is 6.37. The molecule has 4 heterocycles. The van der Waals surface area contributed by atoms with Crippen molar-refractivity contribution in [3.8, 4) is 0 Å². The van der Waals surface area contributed by atoms with Crippen LogP contribution >= 0.6 is 11.3 Å². The Hall–Kier alpha value is -1.53. The van der Waals surface area contributed by atoms with Gasteiger partial charge in [0.1, 0.15) is 11.1 Å². The number of piperidine rings is 1. The van der Waals surface area contributed by atoms with E-state index in [1.807, 2.05) is 18.5 Å². The largest absolute Gasteiger partial charge is 0.366 e. The summed E-state index contributed by atoms with van der Waals surface area (Å²) in [4.78, 5) is 15.8. The molecule has 2 aliphatic heterocycles. The van der Waals surface area contributed by atoms with Gasteiger partial charge in [-0.25, -0.2) is 15.0 Å². The van der Waals surface area contributed by atoms with E-state index in [9.17, 15) is 0 Å². The lowest BCUT2D eigenvalue weighted by atomic mass is 9.92. The Balaban J connectivity index is 1.29. The number of nitrogens with zero attached hydrogens (tertiary/aromatic N) is 4. The number of rotatable bonds is 3. The molecule has 120 valence electrons. The van der Waals surface area contributed by atoms with Crippen molar-refractivity contribution in [2.24, 2.45) is 5.92 Å². The predicted octanol–water partition coefficient (Wildman–Crippen LogP) is 3.17. The third kappa shape index (κ3) is 2.64. The molecule has 5 rings (SSSR count). The van der Waals surface area contributed by atoms with Gasteiger partial charge in [0.25, 0.3) is 0 Å². The Morgan fingerprint density at radius 1 is 1.17 bits per heavy atom. The normalized spacial score (nSPS) is 30.4. The number of fused-ring (bicyclic) bond motifs is 1. The van der Waals surface area contributed by atoms with Gasteiger partial charge in [-0.15, -0.1) is 11.3 Å². The number of thiazole rings is 1. The Bertz CT molecular complexity index is 687. The van der Waals surface area contributed by atoms with Crippen LogP contribution in [0.5, 0.6) is 0 Å². The van der Waals surface area contributed by atoms with E-state index in [0.29, 0.717) is 5.92 Å². The molecule has 0 aromatic carbocycles. The van der Waals surface area contributed by atoms with E-state index in [-0.39, 0.29) is 12.2 Å². The van der Waals surface area contributed by atoms with Crippen molar-refractivity contribution in [1.29, 1.82) is 0 Å². The molecule has 2 aromatic heterocycles. The second kappa shape index (κ2) is 5.53. The van der Waals surface area contributed by atoms with E-state index < -0.39 is 0 Å². The van der Waals surface area contributed by atoms with E-state index >= 15 is 0 Å². The minimum absolute atomic E-state index is 0.194. The molecule has 3 atom stereocenters. The van der Waals surface area contributed by atoms with Gasteiger partial charge in [0.05, 0.1) is 11.8 Å². The van der Waals surface area contributed by atoms with Crippen molar-refractivity contribution in [2.45, 2.75) is 43.8 Å². The number of hydrogen-bond acceptors (Lipinski definition) is 6. The molecule has 2 aromatic rings. The molecular formula is C17H20N4OS. The van der Waals surface area contributed by atoms with Crippen molar-refractivity contribution in [2.75, 3.05) is 18.0 Å². The van der Waals surface area contributed by atoms with Gasteiger partial charge in [-0.2, -0.15) is 0 Å². The van der Waals surface area contributed by atoms with Crippen LogP contribution in [0.4, 0.5) is 5.95 Å². The molecule has 1 saturated carbocycles. The Kier molecular flexibility index (Phi) is 3.33. The fraction of sp³-hybridized carbons (Fsp3) is 0.588. The minimum atomic E-state index is 0.194. The first kappa shape index (κ1) is 13.9. The molecule has 0 radical (unpaired) electrons. The molecule has 0 spiro atoms. The standard InChI is InChI=1S/C17H20N4OS/c1-5-18-17(19-6-1)21-7-4-12-8-14(22-15(12)9-21)16-20-13(10-23-16)11-2-3-11/h1,5-6,10-12,14-15H,2-4,7-9H2/t12-,14+,15+/m0/s1. The Labute approximate surface area is 139 Å². The summed E-state index contributed by atoms with van der Waals surface area (Å²) in [6.45, 7) is 1.92. The van der Waals surface area contributed by atoms with E-state index in [1.165, 1.54) is 23.5 Å². The van der Waals surface area contributed by atoms with Gasteiger partial charge < -0.3 is 9.64 Å². The average Bonchev–Trinajstić information content (AvgIpc) is 3.18. The summed E-state index contributed by atoms with van der Waals surface area (Å²) < 4.78 is 6.37. The number of hydrogen-bond donors (Lipinski definition) is 0. The zero-order chi connectivity index (χ0) is 15.2. The fourth-order valence-corrected chi connectivity index (χ4v) is 4.69. The highest BCUT2D eigenvalue weighted by molar-refractivity contribution is 7.09. The Morgan fingerprint density at radius 3 is 2.87 bits per heavy atom. The van der Waals surface area contributed by atoms with Crippen molar-refractivity contribution < 1.29 is 4.74 Å². The quantitative estimate of drug-likeness (QED) is 0.866. The molecule has 2 saturated heterocycles. The van der Waals surface area contributed by atoms with Crippen molar-refractivity contribution in [1.82, 2.24) is 15.0 Å². The van der Waals surface area contributed by atoms with Crippen LogP contribution < -0.4 is 4.90 Å². The summed E-state index contributed by atoms with van der Waals surface area (Å²) in [5.74, 6) is 2.20. The maximum absolute atomic E-state index is 6.37. The fourth-order valence-electron chi connectivity index (χ4n) is 3.74. The first-order chi connectivity index (χ1) is 11.4. The molecule has 6 heteroatoms. The third-order valence-electron chi connectivity index (χ3n) is 5.20. The summed E-state index contributed by atoms with van der Waals surface area (Å²) in [7, 11) is 0. The van der Waals surface area contributed by atoms with Crippen LogP contribution in [0.2, 0.25) is 0 Å². The summed E-state index contributed by atoms with van der Waals surface area (Å²) in [5.41, 5.74) is 1.29. The molecule has 0 unspecified atom stereocenters. The molecule has 0 amide bonds. The van der Waals surface area contributed by atoms with Crippen LogP contribution in [0.3, 0.4) is 0 Å². The molecule has 3 aliphatic rings. The SMILES string of the molecule is c1cnc(N2CC[C@H]3C[C@H](c4nc(C5CC5)cs4)O[C@@H]3C2)nc1. The van der Waals surface area contributed by atoms with Gasteiger partial charge in [-0.05, 0) is 37.7 Å². The van der Waals surface area contributed by atoms with E-state index in [0.717, 1.165) is 37.8 Å². The van der Waals surface area contributed by atoms with Gasteiger partial charge in [0.15, 0.2) is 0 Å².